The summed E-state index contributed by atoms with van der Waals surface area (Å²) in [6.45, 7) is 5.21. The van der Waals surface area contributed by atoms with E-state index in [1.165, 1.54) is 0 Å². The smallest absolute Gasteiger partial charge is 0.236 e. The quantitative estimate of drug-likeness (QED) is 0.110. The zero-order chi connectivity index (χ0) is 36.8. The maximum absolute atomic E-state index is 10.2. The van der Waals surface area contributed by atoms with Gasteiger partial charge in [0.05, 0.1) is 26.4 Å². The Morgan fingerprint density at radius 1 is 0.692 bits per heavy atom. The van der Waals surface area contributed by atoms with Gasteiger partial charge in [0.2, 0.25) is 23.5 Å². The number of rotatable bonds is 15. The van der Waals surface area contributed by atoms with E-state index in [0.717, 1.165) is 95.9 Å². The van der Waals surface area contributed by atoms with Crippen LogP contribution in [0.5, 0.6) is 23.5 Å². The van der Waals surface area contributed by atoms with Crippen LogP contribution in [0.15, 0.2) is 48.5 Å². The largest absolute Gasteiger partial charge is 0.481 e. The molecule has 3 N–H and O–H groups in total. The molecule has 4 atom stereocenters. The molecule has 6 rings (SSSR count). The van der Waals surface area contributed by atoms with Gasteiger partial charge < -0.3 is 34.5 Å². The minimum atomic E-state index is -0.339. The van der Waals surface area contributed by atoms with Gasteiger partial charge in [-0.25, -0.2) is 0 Å². The number of ether oxygens (including phenoxy) is 4. The van der Waals surface area contributed by atoms with Gasteiger partial charge >= 0.3 is 0 Å². The van der Waals surface area contributed by atoms with Crippen molar-refractivity contribution in [1.82, 2.24) is 15.3 Å². The van der Waals surface area contributed by atoms with Gasteiger partial charge in [-0.15, -0.1) is 0 Å². The topological polar surface area (TPSA) is 115 Å². The molecule has 0 amide bonds. The molecule has 2 aromatic heterocycles. The highest BCUT2D eigenvalue weighted by Gasteiger charge is 2.27. The van der Waals surface area contributed by atoms with E-state index in [1.54, 1.807) is 14.2 Å². The van der Waals surface area contributed by atoms with Gasteiger partial charge in [0.25, 0.3) is 0 Å². The first kappa shape index (κ1) is 38.1. The zero-order valence-corrected chi connectivity index (χ0v) is 31.9. The Kier molecular flexibility index (Phi) is 12.8. The summed E-state index contributed by atoms with van der Waals surface area (Å²) in [7, 11) is 3.18. The van der Waals surface area contributed by atoms with Crippen LogP contribution in [0.3, 0.4) is 0 Å². The number of hydrogen-bond acceptors (Lipinski definition) is 9. The first-order valence-electron chi connectivity index (χ1n) is 18.2. The van der Waals surface area contributed by atoms with Crippen molar-refractivity contribution < 1.29 is 29.2 Å². The van der Waals surface area contributed by atoms with E-state index in [9.17, 15) is 10.2 Å². The SMILES string of the molecule is COc1nc(OCc2cccc(-c3cccc(COc4nc(OC)c(CN[C@H]5CCC[C@@H]5O)cc4Cl)c3C)c2C)c(Cl)cc1CC[C@H]1CCC[C@@H]1O. The van der Waals surface area contributed by atoms with Crippen molar-refractivity contribution in [3.63, 3.8) is 0 Å². The molecule has 278 valence electrons. The molecule has 2 aromatic carbocycles. The minimum Gasteiger partial charge on any atom is -0.481 e. The van der Waals surface area contributed by atoms with E-state index < -0.39 is 0 Å². The Labute approximate surface area is 316 Å². The lowest BCUT2D eigenvalue weighted by atomic mass is 9.92. The van der Waals surface area contributed by atoms with Gasteiger partial charge in [-0.1, -0.05) is 66.0 Å². The predicted octanol–water partition coefficient (Wildman–Crippen LogP) is 8.34. The number of methoxy groups -OCH3 is 2. The summed E-state index contributed by atoms with van der Waals surface area (Å²) in [4.78, 5) is 9.19. The van der Waals surface area contributed by atoms with Crippen LogP contribution in [0.1, 0.15) is 78.3 Å². The number of nitrogens with zero attached hydrogens (tertiary/aromatic N) is 2. The van der Waals surface area contributed by atoms with E-state index in [1.807, 2.05) is 36.4 Å². The number of nitrogens with one attached hydrogen (secondary N) is 1. The van der Waals surface area contributed by atoms with Crippen molar-refractivity contribution in [3.05, 3.63) is 92.0 Å². The molecule has 0 saturated heterocycles. The molecule has 2 fully saturated rings. The Bertz CT molecular complexity index is 1720. The summed E-state index contributed by atoms with van der Waals surface area (Å²) in [5.41, 5.74) is 8.07. The average Bonchev–Trinajstić information content (AvgIpc) is 3.76. The number of hydrogen-bond donors (Lipinski definition) is 3. The normalized spacial score (nSPS) is 19.9. The third-order valence-corrected chi connectivity index (χ3v) is 11.2. The van der Waals surface area contributed by atoms with Crippen molar-refractivity contribution in [2.24, 2.45) is 5.92 Å². The van der Waals surface area contributed by atoms with Crippen LogP contribution >= 0.6 is 23.2 Å². The maximum atomic E-state index is 10.2. The highest BCUT2D eigenvalue weighted by molar-refractivity contribution is 6.32. The highest BCUT2D eigenvalue weighted by atomic mass is 35.5. The second-order valence-corrected chi connectivity index (χ2v) is 14.7. The second-order valence-electron chi connectivity index (χ2n) is 13.9. The van der Waals surface area contributed by atoms with Crippen LogP contribution in [0, 0.1) is 19.8 Å². The van der Waals surface area contributed by atoms with Gasteiger partial charge in [0, 0.05) is 23.7 Å². The van der Waals surface area contributed by atoms with E-state index in [0.29, 0.717) is 46.0 Å². The summed E-state index contributed by atoms with van der Waals surface area (Å²) in [5, 5.41) is 24.7. The van der Waals surface area contributed by atoms with Crippen LogP contribution in [-0.4, -0.2) is 52.7 Å². The van der Waals surface area contributed by atoms with Crippen molar-refractivity contribution >= 4 is 23.2 Å². The predicted molar refractivity (Wildman–Crippen MR) is 204 cm³/mol. The zero-order valence-electron chi connectivity index (χ0n) is 30.4. The van der Waals surface area contributed by atoms with E-state index in [-0.39, 0.29) is 31.5 Å². The van der Waals surface area contributed by atoms with E-state index in [2.05, 4.69) is 41.3 Å². The molecule has 11 heteroatoms. The molecule has 0 unspecified atom stereocenters. The lowest BCUT2D eigenvalue weighted by molar-refractivity contribution is 0.128. The first-order chi connectivity index (χ1) is 25.2. The Hall–Kier alpha value is -3.60. The Balaban J connectivity index is 1.12. The number of aliphatic hydroxyl groups is 2. The fourth-order valence-electron chi connectivity index (χ4n) is 7.52. The summed E-state index contributed by atoms with van der Waals surface area (Å²) in [6.07, 6.45) is 6.78. The molecule has 0 radical (unpaired) electrons. The van der Waals surface area contributed by atoms with Gasteiger partial charge in [-0.3, -0.25) is 0 Å². The van der Waals surface area contributed by atoms with Gasteiger partial charge in [0.1, 0.15) is 23.3 Å². The maximum Gasteiger partial charge on any atom is 0.236 e. The average molecular weight is 751 g/mol. The van der Waals surface area contributed by atoms with Crippen LogP contribution in [-0.2, 0) is 26.2 Å². The minimum absolute atomic E-state index is 0.0526. The molecular weight excluding hydrogens is 701 g/mol. The number of aryl methyl sites for hydroxylation is 1. The molecule has 2 aliphatic carbocycles. The number of aromatic nitrogens is 2. The molecule has 0 aliphatic heterocycles. The van der Waals surface area contributed by atoms with Crippen molar-refractivity contribution in [2.75, 3.05) is 14.2 Å². The molecular formula is C41H49Cl2N3O6. The highest BCUT2D eigenvalue weighted by Crippen LogP contribution is 2.36. The van der Waals surface area contributed by atoms with Gasteiger partial charge in [-0.05, 0) is 110 Å². The van der Waals surface area contributed by atoms with Crippen LogP contribution in [0.4, 0.5) is 0 Å². The van der Waals surface area contributed by atoms with Crippen LogP contribution in [0.25, 0.3) is 11.1 Å². The molecule has 0 spiro atoms. The van der Waals surface area contributed by atoms with Crippen molar-refractivity contribution in [3.8, 4) is 34.6 Å². The molecule has 9 nitrogen and oxygen atoms in total. The summed E-state index contributed by atoms with van der Waals surface area (Å²) < 4.78 is 23.5. The number of aliphatic hydroxyl groups excluding tert-OH is 2. The number of benzene rings is 2. The standard InChI is InChI=1S/C41H49Cl2N3O6/c1-24-28(22-51-40-33(42)19-27(38(45-40)49-3)18-17-26-9-7-15-36(26)47)10-5-12-31(24)32-13-6-11-29(25(32)2)23-52-41-34(43)20-30(39(46-41)50-4)21-44-35-14-8-16-37(35)48/h5-6,10-13,19-20,26,35-37,44,47-48H,7-9,14-18,21-23H2,1-4H3/t26-,35+,36+,37+/m1/s1. The molecule has 2 heterocycles. The van der Waals surface area contributed by atoms with E-state index in [4.69, 9.17) is 42.1 Å². The van der Waals surface area contributed by atoms with Crippen LogP contribution < -0.4 is 24.3 Å². The molecule has 2 saturated carbocycles. The van der Waals surface area contributed by atoms with Crippen molar-refractivity contribution in [2.45, 2.75) is 103 Å². The fourth-order valence-corrected chi connectivity index (χ4v) is 7.98. The lowest BCUT2D eigenvalue weighted by Crippen LogP contribution is -2.35. The lowest BCUT2D eigenvalue weighted by Gasteiger charge is -2.19. The van der Waals surface area contributed by atoms with Crippen LogP contribution in [0.2, 0.25) is 10.0 Å². The molecule has 0 bridgehead atoms. The number of pyridine rings is 2. The third-order valence-electron chi connectivity index (χ3n) is 10.7. The number of halogens is 2. The summed E-state index contributed by atoms with van der Waals surface area (Å²) in [6, 6.07) is 16.1. The van der Waals surface area contributed by atoms with E-state index >= 15 is 0 Å². The summed E-state index contributed by atoms with van der Waals surface area (Å²) >= 11 is 13.3. The second kappa shape index (κ2) is 17.5. The fraction of sp³-hybridized carbons (Fsp3) is 0.463. The third kappa shape index (κ3) is 8.77. The molecule has 2 aliphatic rings. The van der Waals surface area contributed by atoms with Gasteiger partial charge in [0.15, 0.2) is 0 Å². The van der Waals surface area contributed by atoms with Gasteiger partial charge in [-0.2, -0.15) is 9.97 Å². The van der Waals surface area contributed by atoms with Crippen molar-refractivity contribution in [1.29, 1.82) is 0 Å². The monoisotopic (exact) mass is 749 g/mol. The summed E-state index contributed by atoms with van der Waals surface area (Å²) in [5.74, 6) is 1.85. The Morgan fingerprint density at radius 2 is 1.23 bits per heavy atom. The molecule has 52 heavy (non-hydrogen) atoms. The Morgan fingerprint density at radius 3 is 1.75 bits per heavy atom. The molecule has 4 aromatic rings. The first-order valence-corrected chi connectivity index (χ1v) is 18.9.